The third-order valence-corrected chi connectivity index (χ3v) is 2.75. The zero-order chi connectivity index (χ0) is 15.1. The molecule has 0 heterocycles. The molecule has 0 saturated heterocycles. The summed E-state index contributed by atoms with van der Waals surface area (Å²) in [5, 5.41) is 2.83. The van der Waals surface area contributed by atoms with Gasteiger partial charge in [-0.05, 0) is 30.4 Å². The van der Waals surface area contributed by atoms with E-state index in [1.54, 1.807) is 0 Å². The second-order valence-corrected chi connectivity index (χ2v) is 5.96. The first-order valence-corrected chi connectivity index (χ1v) is 7.17. The largest absolute Gasteiger partial charge is 0.493 e. The van der Waals surface area contributed by atoms with Crippen LogP contribution in [0.15, 0.2) is 24.3 Å². The summed E-state index contributed by atoms with van der Waals surface area (Å²) in [5.74, 6) is 1.47. The molecule has 120 valence electrons. The van der Waals surface area contributed by atoms with Gasteiger partial charge in [0.25, 0.3) is 0 Å². The fourth-order valence-corrected chi connectivity index (χ4v) is 1.78. The van der Waals surface area contributed by atoms with Crippen LogP contribution in [0.4, 0.5) is 5.69 Å². The summed E-state index contributed by atoms with van der Waals surface area (Å²) in [4.78, 5) is 11.9. The maximum atomic E-state index is 11.9. The number of rotatable bonds is 7. The fraction of sp³-hybridized carbons (Fsp3) is 0.562. The van der Waals surface area contributed by atoms with E-state index in [1.165, 1.54) is 0 Å². The predicted octanol–water partition coefficient (Wildman–Crippen LogP) is 3.46. The average Bonchev–Trinajstić information content (AvgIpc) is 2.36. The van der Waals surface area contributed by atoms with Crippen LogP contribution in [-0.4, -0.2) is 18.6 Å². The lowest BCUT2D eigenvalue weighted by molar-refractivity contribution is -0.117. The van der Waals surface area contributed by atoms with E-state index in [2.05, 4.69) is 19.2 Å². The summed E-state index contributed by atoms with van der Waals surface area (Å²) >= 11 is 0. The Balaban J connectivity index is 0.00000400. The Hall–Kier alpha value is -1.26. The van der Waals surface area contributed by atoms with Crippen molar-refractivity contribution in [2.45, 2.75) is 40.2 Å². The van der Waals surface area contributed by atoms with Crippen LogP contribution in [0.3, 0.4) is 0 Å². The molecule has 3 N–H and O–H groups in total. The zero-order valence-corrected chi connectivity index (χ0v) is 14.1. The molecular formula is C16H27ClN2O2. The van der Waals surface area contributed by atoms with Gasteiger partial charge < -0.3 is 15.8 Å². The van der Waals surface area contributed by atoms with Crippen molar-refractivity contribution in [1.29, 1.82) is 0 Å². The lowest BCUT2D eigenvalue weighted by Gasteiger charge is -2.15. The zero-order valence-electron chi connectivity index (χ0n) is 13.3. The number of nitrogens with one attached hydrogen (secondary N) is 1. The molecule has 4 nitrogen and oxygen atoms in total. The Kier molecular flexibility index (Phi) is 9.06. The Morgan fingerprint density at radius 2 is 1.90 bits per heavy atom. The maximum Gasteiger partial charge on any atom is 0.241 e. The monoisotopic (exact) mass is 314 g/mol. The van der Waals surface area contributed by atoms with Gasteiger partial charge in [0, 0.05) is 11.8 Å². The van der Waals surface area contributed by atoms with E-state index < -0.39 is 6.04 Å². The number of ether oxygens (including phenoxy) is 1. The van der Waals surface area contributed by atoms with Gasteiger partial charge in [-0.25, -0.2) is 0 Å². The highest BCUT2D eigenvalue weighted by molar-refractivity contribution is 5.94. The Labute approximate surface area is 133 Å². The summed E-state index contributed by atoms with van der Waals surface area (Å²) in [6.07, 6.45) is 0.676. The molecule has 21 heavy (non-hydrogen) atoms. The Morgan fingerprint density at radius 3 is 2.48 bits per heavy atom. The van der Waals surface area contributed by atoms with Crippen LogP contribution in [0, 0.1) is 11.8 Å². The molecule has 1 aromatic carbocycles. The third-order valence-electron chi connectivity index (χ3n) is 2.75. The number of carbonyl (C=O) groups excluding carboxylic acids is 1. The van der Waals surface area contributed by atoms with E-state index >= 15 is 0 Å². The van der Waals surface area contributed by atoms with Crippen LogP contribution < -0.4 is 15.8 Å². The summed E-state index contributed by atoms with van der Waals surface area (Å²) in [7, 11) is 0. The lowest BCUT2D eigenvalue weighted by Crippen LogP contribution is -2.36. The van der Waals surface area contributed by atoms with Gasteiger partial charge in [0.05, 0.1) is 12.6 Å². The molecule has 0 unspecified atom stereocenters. The molecule has 1 amide bonds. The fourth-order valence-electron chi connectivity index (χ4n) is 1.78. The van der Waals surface area contributed by atoms with Crippen LogP contribution in [0.25, 0.3) is 0 Å². The number of hydrogen-bond donors (Lipinski definition) is 2. The molecule has 0 aromatic heterocycles. The summed E-state index contributed by atoms with van der Waals surface area (Å²) in [6, 6.07) is 6.92. The van der Waals surface area contributed by atoms with E-state index in [4.69, 9.17) is 10.5 Å². The maximum absolute atomic E-state index is 11.9. The van der Waals surface area contributed by atoms with Gasteiger partial charge in [0.15, 0.2) is 0 Å². The van der Waals surface area contributed by atoms with Gasteiger partial charge in [0.1, 0.15) is 5.75 Å². The first kappa shape index (κ1) is 19.7. The van der Waals surface area contributed by atoms with Crippen molar-refractivity contribution in [3.05, 3.63) is 24.3 Å². The van der Waals surface area contributed by atoms with Gasteiger partial charge in [-0.3, -0.25) is 4.79 Å². The van der Waals surface area contributed by atoms with Crippen LogP contribution >= 0.6 is 12.4 Å². The van der Waals surface area contributed by atoms with Gasteiger partial charge in [-0.15, -0.1) is 12.4 Å². The molecule has 0 aliphatic rings. The number of hydrogen-bond acceptors (Lipinski definition) is 3. The van der Waals surface area contributed by atoms with Crippen molar-refractivity contribution in [1.82, 2.24) is 0 Å². The third kappa shape index (κ3) is 7.93. The Bertz CT molecular complexity index is 436. The van der Waals surface area contributed by atoms with Crippen molar-refractivity contribution < 1.29 is 9.53 Å². The van der Waals surface area contributed by atoms with Gasteiger partial charge in [-0.1, -0.05) is 33.8 Å². The van der Waals surface area contributed by atoms with Crippen LogP contribution in [0.2, 0.25) is 0 Å². The second-order valence-electron chi connectivity index (χ2n) is 5.96. The number of halogens is 1. The summed E-state index contributed by atoms with van der Waals surface area (Å²) in [5.41, 5.74) is 6.58. The topological polar surface area (TPSA) is 64.3 Å². The van der Waals surface area contributed by atoms with Crippen LogP contribution in [0.5, 0.6) is 5.75 Å². The van der Waals surface area contributed by atoms with E-state index in [-0.39, 0.29) is 18.3 Å². The van der Waals surface area contributed by atoms with Crippen LogP contribution in [-0.2, 0) is 4.79 Å². The molecule has 0 spiro atoms. The van der Waals surface area contributed by atoms with E-state index in [0.29, 0.717) is 24.9 Å². The second kappa shape index (κ2) is 9.64. The summed E-state index contributed by atoms with van der Waals surface area (Å²) < 4.78 is 5.63. The standard InChI is InChI=1S/C16H26N2O2.ClH/c1-11(2)8-15(17)16(19)18-13-6-5-7-14(9-13)20-10-12(3)4;/h5-7,9,11-12,15H,8,10,17H2,1-4H3,(H,18,19);1H/t15-;/m0./s1. The number of nitrogens with two attached hydrogens (primary N) is 1. The summed E-state index contributed by atoms with van der Waals surface area (Å²) in [6.45, 7) is 8.94. The number of amides is 1. The molecule has 1 aromatic rings. The van der Waals surface area contributed by atoms with Crippen molar-refractivity contribution in [3.8, 4) is 5.75 Å². The highest BCUT2D eigenvalue weighted by Crippen LogP contribution is 2.18. The quantitative estimate of drug-likeness (QED) is 0.810. The lowest BCUT2D eigenvalue weighted by atomic mass is 10.0. The van der Waals surface area contributed by atoms with Crippen LogP contribution in [0.1, 0.15) is 34.1 Å². The molecule has 0 bridgehead atoms. The first-order chi connectivity index (χ1) is 9.38. The molecule has 1 atom stereocenters. The number of anilines is 1. The van der Waals surface area contributed by atoms with E-state index in [0.717, 1.165) is 11.4 Å². The Morgan fingerprint density at radius 1 is 1.24 bits per heavy atom. The van der Waals surface area contributed by atoms with Gasteiger partial charge in [0.2, 0.25) is 5.91 Å². The minimum absolute atomic E-state index is 0. The van der Waals surface area contributed by atoms with Gasteiger partial charge in [-0.2, -0.15) is 0 Å². The highest BCUT2D eigenvalue weighted by Gasteiger charge is 2.15. The minimum Gasteiger partial charge on any atom is -0.493 e. The average molecular weight is 315 g/mol. The molecule has 0 aliphatic carbocycles. The smallest absolute Gasteiger partial charge is 0.241 e. The highest BCUT2D eigenvalue weighted by atomic mass is 35.5. The molecule has 0 fully saturated rings. The van der Waals surface area contributed by atoms with Crippen molar-refractivity contribution in [2.24, 2.45) is 17.6 Å². The predicted molar refractivity (Wildman–Crippen MR) is 90.1 cm³/mol. The molecule has 5 heteroatoms. The van der Waals surface area contributed by atoms with Gasteiger partial charge >= 0.3 is 0 Å². The van der Waals surface area contributed by atoms with E-state index in [1.807, 2.05) is 38.1 Å². The molecule has 0 aliphatic heterocycles. The van der Waals surface area contributed by atoms with E-state index in [9.17, 15) is 4.79 Å². The molecule has 1 rings (SSSR count). The first-order valence-electron chi connectivity index (χ1n) is 7.17. The molecule has 0 radical (unpaired) electrons. The number of carbonyl (C=O) groups is 1. The molecule has 0 saturated carbocycles. The van der Waals surface area contributed by atoms with Crippen molar-refractivity contribution in [2.75, 3.05) is 11.9 Å². The normalized spacial score (nSPS) is 12.0. The van der Waals surface area contributed by atoms with Crippen molar-refractivity contribution in [3.63, 3.8) is 0 Å². The van der Waals surface area contributed by atoms with Crippen molar-refractivity contribution >= 4 is 24.0 Å². The molecular weight excluding hydrogens is 288 g/mol. The number of benzene rings is 1. The minimum atomic E-state index is -0.477. The SMILES string of the molecule is CC(C)COc1cccc(NC(=O)[C@@H](N)CC(C)C)c1.Cl.